The fourth-order valence-electron chi connectivity index (χ4n) is 4.17. The fourth-order valence-corrected chi connectivity index (χ4v) is 4.92. The molecule has 0 aromatic carbocycles. The van der Waals surface area contributed by atoms with Crippen molar-refractivity contribution in [2.24, 2.45) is 0 Å². The van der Waals surface area contributed by atoms with E-state index in [1.807, 2.05) is 49.7 Å². The zero-order valence-electron chi connectivity index (χ0n) is 24.2. The maximum Gasteiger partial charge on any atom is 0.410 e. The number of fused-ring (bicyclic) bond motifs is 1. The van der Waals surface area contributed by atoms with E-state index in [4.69, 9.17) is 19.2 Å². The Balaban J connectivity index is 1.43. The van der Waals surface area contributed by atoms with Crippen molar-refractivity contribution in [2.45, 2.75) is 58.8 Å². The third-order valence-corrected chi connectivity index (χ3v) is 7.99. The Bertz CT molecular complexity index is 1280. The summed E-state index contributed by atoms with van der Waals surface area (Å²) in [6, 6.07) is 6.97. The van der Waals surface area contributed by atoms with Crippen LogP contribution in [0, 0.1) is 0 Å². The number of aromatic nitrogens is 4. The summed E-state index contributed by atoms with van der Waals surface area (Å²) < 4.78 is 19.0. The first kappa shape index (κ1) is 28.6. The second-order valence-electron chi connectivity index (χ2n) is 11.9. The number of piperazine rings is 1. The highest BCUT2D eigenvalue weighted by Crippen LogP contribution is 2.27. The van der Waals surface area contributed by atoms with Crippen LogP contribution in [-0.4, -0.2) is 84.1 Å². The van der Waals surface area contributed by atoms with E-state index in [1.165, 1.54) is 0 Å². The van der Waals surface area contributed by atoms with Crippen LogP contribution >= 0.6 is 0 Å². The van der Waals surface area contributed by atoms with Crippen molar-refractivity contribution in [3.63, 3.8) is 0 Å². The molecule has 0 atom stereocenters. The van der Waals surface area contributed by atoms with Crippen LogP contribution in [0.25, 0.3) is 11.0 Å². The minimum atomic E-state index is -1.16. The largest absolute Gasteiger partial charge is 0.480 e. The average molecular weight is 556 g/mol. The lowest BCUT2D eigenvalue weighted by Gasteiger charge is -2.36. The molecule has 1 fully saturated rings. The van der Waals surface area contributed by atoms with E-state index < -0.39 is 13.7 Å². The molecule has 1 amide bonds. The van der Waals surface area contributed by atoms with Crippen molar-refractivity contribution >= 4 is 42.7 Å². The van der Waals surface area contributed by atoms with Crippen LogP contribution < -0.4 is 15.0 Å². The third-order valence-electron chi connectivity index (χ3n) is 6.28. The lowest BCUT2D eigenvalue weighted by atomic mass is 10.2. The highest BCUT2D eigenvalue weighted by Gasteiger charge is 2.26. The normalized spacial score (nSPS) is 14.5. The molecule has 0 spiro atoms. The highest BCUT2D eigenvalue weighted by molar-refractivity contribution is 6.76. The molecule has 212 valence electrons. The lowest BCUT2D eigenvalue weighted by Crippen LogP contribution is -2.50. The average Bonchev–Trinajstić information content (AvgIpc) is 3.27. The summed E-state index contributed by atoms with van der Waals surface area (Å²) >= 11 is 0. The van der Waals surface area contributed by atoms with Crippen LogP contribution in [0.15, 0.2) is 30.6 Å². The molecule has 1 aliphatic rings. The van der Waals surface area contributed by atoms with E-state index in [0.29, 0.717) is 50.6 Å². The zero-order valence-corrected chi connectivity index (χ0v) is 25.2. The maximum absolute atomic E-state index is 12.4. The van der Waals surface area contributed by atoms with Crippen molar-refractivity contribution in [3.05, 3.63) is 30.6 Å². The molecule has 3 aromatic rings. The molecular weight excluding hydrogens is 514 g/mol. The number of hydrogen-bond donors (Lipinski definition) is 1. The van der Waals surface area contributed by atoms with Crippen molar-refractivity contribution in [1.29, 1.82) is 0 Å². The number of carbonyl (C=O) groups excluding carboxylic acids is 1. The van der Waals surface area contributed by atoms with Crippen LogP contribution in [0.1, 0.15) is 20.8 Å². The van der Waals surface area contributed by atoms with Crippen LogP contribution in [0.3, 0.4) is 0 Å². The second-order valence-corrected chi connectivity index (χ2v) is 17.5. The van der Waals surface area contributed by atoms with E-state index in [2.05, 4.69) is 39.8 Å². The van der Waals surface area contributed by atoms with Crippen LogP contribution in [0.2, 0.25) is 25.7 Å². The summed E-state index contributed by atoms with van der Waals surface area (Å²) in [5.41, 5.74) is 1.23. The Morgan fingerprint density at radius 2 is 1.85 bits per heavy atom. The van der Waals surface area contributed by atoms with Gasteiger partial charge in [0.1, 0.15) is 18.1 Å². The summed E-state index contributed by atoms with van der Waals surface area (Å²) in [5, 5.41) is 4.05. The highest BCUT2D eigenvalue weighted by atomic mass is 28.3. The first-order chi connectivity index (χ1) is 18.4. The van der Waals surface area contributed by atoms with Gasteiger partial charge in [0.2, 0.25) is 11.8 Å². The van der Waals surface area contributed by atoms with Gasteiger partial charge < -0.3 is 33.9 Å². The topological polar surface area (TPSA) is 107 Å². The Hall–Kier alpha value is -3.38. The maximum atomic E-state index is 12.4. The minimum absolute atomic E-state index is 0.271. The molecule has 39 heavy (non-hydrogen) atoms. The standard InChI is InChI=1S/C27H41N7O4Si/c1-27(2,3)38-26(35)33-14-12-32(13-15-33)20-8-10-28-22(18-20)29-25-30-23-21(24(31-25)36-4)9-11-34(23)19-37-16-17-39(5,6)7/h8-11,18H,12-17,19H2,1-7H3,(H,28,29,30,31). The summed E-state index contributed by atoms with van der Waals surface area (Å²) in [5.74, 6) is 1.49. The third kappa shape index (κ3) is 7.82. The molecular formula is C27H41N7O4Si. The van der Waals surface area contributed by atoms with Gasteiger partial charge in [-0.05, 0) is 38.9 Å². The molecule has 4 rings (SSSR count). The van der Waals surface area contributed by atoms with Gasteiger partial charge in [-0.2, -0.15) is 9.97 Å². The first-order valence-electron chi connectivity index (χ1n) is 13.4. The number of methoxy groups -OCH3 is 1. The molecule has 0 bridgehead atoms. The number of nitrogens with zero attached hydrogens (tertiary/aromatic N) is 6. The number of carbonyl (C=O) groups is 1. The summed E-state index contributed by atoms with van der Waals surface area (Å²) in [6.07, 6.45) is 3.42. The van der Waals surface area contributed by atoms with Gasteiger partial charge in [0.05, 0.1) is 12.5 Å². The van der Waals surface area contributed by atoms with E-state index in [0.717, 1.165) is 29.4 Å². The molecule has 0 saturated carbocycles. The van der Waals surface area contributed by atoms with E-state index in [1.54, 1.807) is 18.2 Å². The molecule has 11 nitrogen and oxygen atoms in total. The molecule has 0 radical (unpaired) electrons. The number of anilines is 3. The Morgan fingerprint density at radius 3 is 2.51 bits per heavy atom. The van der Waals surface area contributed by atoms with Gasteiger partial charge in [-0.1, -0.05) is 19.6 Å². The van der Waals surface area contributed by atoms with Gasteiger partial charge in [0.15, 0.2) is 5.65 Å². The minimum Gasteiger partial charge on any atom is -0.480 e. The SMILES string of the molecule is COc1nc(Nc2cc(N3CCN(C(=O)OC(C)(C)C)CC3)ccn2)nc2c1ccn2COCC[Si](C)(C)C. The molecule has 0 aliphatic carbocycles. The second kappa shape index (κ2) is 11.8. The summed E-state index contributed by atoms with van der Waals surface area (Å²) in [7, 11) is 0.442. The number of amides is 1. The van der Waals surface area contributed by atoms with Gasteiger partial charge in [-0.3, -0.25) is 0 Å². The summed E-state index contributed by atoms with van der Waals surface area (Å²) in [6.45, 7) is 16.4. The zero-order chi connectivity index (χ0) is 28.2. The van der Waals surface area contributed by atoms with Gasteiger partial charge in [-0.15, -0.1) is 0 Å². The number of pyridine rings is 1. The predicted molar refractivity (Wildman–Crippen MR) is 156 cm³/mol. The lowest BCUT2D eigenvalue weighted by molar-refractivity contribution is 0.0240. The van der Waals surface area contributed by atoms with Crippen molar-refractivity contribution in [2.75, 3.05) is 50.1 Å². The van der Waals surface area contributed by atoms with Crippen LogP contribution in [0.5, 0.6) is 5.88 Å². The van der Waals surface area contributed by atoms with Gasteiger partial charge in [-0.25, -0.2) is 9.78 Å². The van der Waals surface area contributed by atoms with Gasteiger partial charge in [0.25, 0.3) is 0 Å². The molecule has 12 heteroatoms. The van der Waals surface area contributed by atoms with Crippen LogP contribution in [-0.2, 0) is 16.2 Å². The van der Waals surface area contributed by atoms with Gasteiger partial charge in [0, 0.05) is 65.0 Å². The van der Waals surface area contributed by atoms with Gasteiger partial charge >= 0.3 is 6.09 Å². The number of hydrogen-bond acceptors (Lipinski definition) is 9. The quantitative estimate of drug-likeness (QED) is 0.290. The molecule has 1 saturated heterocycles. The van der Waals surface area contributed by atoms with Crippen molar-refractivity contribution in [1.82, 2.24) is 24.4 Å². The van der Waals surface area contributed by atoms with E-state index >= 15 is 0 Å². The molecule has 1 N–H and O–H groups in total. The number of ether oxygens (including phenoxy) is 3. The molecule has 1 aliphatic heterocycles. The Labute approximate surface area is 231 Å². The van der Waals surface area contributed by atoms with E-state index in [9.17, 15) is 4.79 Å². The van der Waals surface area contributed by atoms with Crippen molar-refractivity contribution < 1.29 is 19.0 Å². The Kier molecular flexibility index (Phi) is 8.65. The first-order valence-corrected chi connectivity index (χ1v) is 17.1. The van der Waals surface area contributed by atoms with E-state index in [-0.39, 0.29) is 6.09 Å². The number of rotatable bonds is 9. The van der Waals surface area contributed by atoms with Crippen LogP contribution in [0.4, 0.5) is 22.2 Å². The number of nitrogens with one attached hydrogen (secondary N) is 1. The Morgan fingerprint density at radius 1 is 1.10 bits per heavy atom. The molecule has 4 heterocycles. The van der Waals surface area contributed by atoms with Crippen molar-refractivity contribution in [3.8, 4) is 5.88 Å². The fraction of sp³-hybridized carbons (Fsp3) is 0.556. The molecule has 3 aromatic heterocycles. The monoisotopic (exact) mass is 555 g/mol. The molecule has 0 unspecified atom stereocenters. The smallest absolute Gasteiger partial charge is 0.410 e. The predicted octanol–water partition coefficient (Wildman–Crippen LogP) is 4.95. The summed E-state index contributed by atoms with van der Waals surface area (Å²) in [4.78, 5) is 30.2.